The van der Waals surface area contributed by atoms with Gasteiger partial charge in [0.1, 0.15) is 5.75 Å². The van der Waals surface area contributed by atoms with E-state index in [9.17, 15) is 9.90 Å². The highest BCUT2D eigenvalue weighted by Crippen LogP contribution is 2.25. The summed E-state index contributed by atoms with van der Waals surface area (Å²) >= 11 is 11.9. The number of hydrogen-bond acceptors (Lipinski definition) is 5. The molecular formula is C30H28Cl2N4O2. The van der Waals surface area contributed by atoms with Crippen molar-refractivity contribution in [2.45, 2.75) is 13.1 Å². The Bertz CT molecular complexity index is 1470. The lowest BCUT2D eigenvalue weighted by molar-refractivity contribution is 0.0955. The largest absolute Gasteiger partial charge is 0.506 e. The molecule has 4 aromatic rings. The Balaban J connectivity index is 1.22. The zero-order valence-corrected chi connectivity index (χ0v) is 22.3. The molecule has 1 fully saturated rings. The van der Waals surface area contributed by atoms with E-state index < -0.39 is 5.91 Å². The normalized spacial score (nSPS) is 14.8. The minimum absolute atomic E-state index is 0.0712. The molecule has 0 aliphatic carbocycles. The molecule has 0 radical (unpaired) electrons. The summed E-state index contributed by atoms with van der Waals surface area (Å²) in [5, 5.41) is 16.9. The zero-order valence-electron chi connectivity index (χ0n) is 20.8. The van der Waals surface area contributed by atoms with Crippen molar-refractivity contribution in [1.29, 1.82) is 0 Å². The molecule has 5 rings (SSSR count). The molecule has 0 aromatic heterocycles. The summed E-state index contributed by atoms with van der Waals surface area (Å²) in [6.07, 6.45) is 1.65. The van der Waals surface area contributed by atoms with E-state index >= 15 is 0 Å². The number of fused-ring (bicyclic) bond motifs is 1. The first-order chi connectivity index (χ1) is 18.5. The third-order valence-corrected chi connectivity index (χ3v) is 7.36. The van der Waals surface area contributed by atoms with Gasteiger partial charge in [-0.2, -0.15) is 5.10 Å². The maximum Gasteiger partial charge on any atom is 0.271 e. The number of carbonyl (C=O) groups is 1. The van der Waals surface area contributed by atoms with Gasteiger partial charge in [-0.25, -0.2) is 5.43 Å². The number of piperazine rings is 1. The molecule has 0 atom stereocenters. The lowest BCUT2D eigenvalue weighted by atomic mass is 9.99. The molecule has 6 nitrogen and oxygen atoms in total. The van der Waals surface area contributed by atoms with Crippen molar-refractivity contribution in [1.82, 2.24) is 15.2 Å². The highest BCUT2D eigenvalue weighted by molar-refractivity contribution is 6.32. The fourth-order valence-electron chi connectivity index (χ4n) is 4.70. The van der Waals surface area contributed by atoms with Crippen LogP contribution in [0.5, 0.6) is 5.75 Å². The van der Waals surface area contributed by atoms with Crippen LogP contribution in [0.25, 0.3) is 10.8 Å². The Kier molecular flexibility index (Phi) is 8.25. The Morgan fingerprint density at radius 3 is 2.26 bits per heavy atom. The number of amides is 1. The topological polar surface area (TPSA) is 68.2 Å². The van der Waals surface area contributed by atoms with E-state index in [-0.39, 0.29) is 10.8 Å². The summed E-state index contributed by atoms with van der Waals surface area (Å²) in [5.74, 6) is -0.475. The highest BCUT2D eigenvalue weighted by atomic mass is 35.5. The number of phenolic OH excluding ortho intramolecular Hbond substituents is 1. The molecule has 1 aliphatic heterocycles. The van der Waals surface area contributed by atoms with E-state index in [1.54, 1.807) is 6.21 Å². The number of hydrazone groups is 1. The third-order valence-electron chi connectivity index (χ3n) is 6.81. The number of nitrogens with one attached hydrogen (secondary N) is 1. The van der Waals surface area contributed by atoms with E-state index in [1.165, 1.54) is 34.7 Å². The number of benzene rings is 4. The van der Waals surface area contributed by atoms with Crippen molar-refractivity contribution < 1.29 is 9.90 Å². The van der Waals surface area contributed by atoms with E-state index in [1.807, 2.05) is 30.3 Å². The maximum atomic E-state index is 12.4. The zero-order chi connectivity index (χ0) is 26.5. The Labute approximate surface area is 232 Å². The van der Waals surface area contributed by atoms with Gasteiger partial charge in [0, 0.05) is 55.4 Å². The summed E-state index contributed by atoms with van der Waals surface area (Å²) in [6.45, 7) is 5.90. The molecule has 1 saturated heterocycles. The molecule has 1 aliphatic rings. The molecular weight excluding hydrogens is 519 g/mol. The lowest BCUT2D eigenvalue weighted by Crippen LogP contribution is -2.45. The maximum absolute atomic E-state index is 12.4. The number of halogens is 2. The predicted molar refractivity (Wildman–Crippen MR) is 154 cm³/mol. The van der Waals surface area contributed by atoms with Crippen LogP contribution in [0.2, 0.25) is 10.0 Å². The monoisotopic (exact) mass is 546 g/mol. The third kappa shape index (κ3) is 6.34. The number of carbonyl (C=O) groups excluding carboxylic acids is 1. The van der Waals surface area contributed by atoms with Crippen LogP contribution in [0.3, 0.4) is 0 Å². The summed E-state index contributed by atoms with van der Waals surface area (Å²) in [6, 6.07) is 24.8. The van der Waals surface area contributed by atoms with Crippen LogP contribution in [0, 0.1) is 0 Å². The smallest absolute Gasteiger partial charge is 0.271 e. The lowest BCUT2D eigenvalue weighted by Gasteiger charge is -2.35. The first-order valence-corrected chi connectivity index (χ1v) is 13.2. The molecule has 1 amide bonds. The van der Waals surface area contributed by atoms with Gasteiger partial charge in [0.2, 0.25) is 0 Å². The van der Waals surface area contributed by atoms with Crippen molar-refractivity contribution in [2.75, 3.05) is 26.2 Å². The Hall–Kier alpha value is -3.42. The second-order valence-corrected chi connectivity index (χ2v) is 10.2. The van der Waals surface area contributed by atoms with Crippen LogP contribution < -0.4 is 5.43 Å². The fraction of sp³-hybridized carbons (Fsp3) is 0.200. The van der Waals surface area contributed by atoms with E-state index in [0.29, 0.717) is 5.56 Å². The highest BCUT2D eigenvalue weighted by Gasteiger charge is 2.18. The van der Waals surface area contributed by atoms with Gasteiger partial charge in [0.15, 0.2) is 0 Å². The van der Waals surface area contributed by atoms with Gasteiger partial charge in [-0.1, -0.05) is 71.7 Å². The van der Waals surface area contributed by atoms with Gasteiger partial charge < -0.3 is 5.11 Å². The number of phenols is 1. The first-order valence-electron chi connectivity index (χ1n) is 12.5. The Morgan fingerprint density at radius 1 is 0.868 bits per heavy atom. The van der Waals surface area contributed by atoms with Crippen LogP contribution in [-0.4, -0.2) is 53.2 Å². The van der Waals surface area contributed by atoms with Crippen molar-refractivity contribution >= 4 is 46.1 Å². The second kappa shape index (κ2) is 12.0. The Morgan fingerprint density at radius 2 is 1.55 bits per heavy atom. The quantitative estimate of drug-likeness (QED) is 0.222. The van der Waals surface area contributed by atoms with Gasteiger partial charge in [-0.15, -0.1) is 0 Å². The summed E-state index contributed by atoms with van der Waals surface area (Å²) in [5.41, 5.74) is 6.33. The molecule has 0 saturated carbocycles. The fourth-order valence-corrected chi connectivity index (χ4v) is 5.01. The molecule has 194 valence electrons. The summed E-state index contributed by atoms with van der Waals surface area (Å²) in [7, 11) is 0. The number of rotatable bonds is 7. The number of aromatic hydroxyl groups is 1. The van der Waals surface area contributed by atoms with Crippen LogP contribution in [0.4, 0.5) is 0 Å². The molecule has 4 aromatic carbocycles. The average molecular weight is 547 g/mol. The van der Waals surface area contributed by atoms with Crippen LogP contribution >= 0.6 is 23.2 Å². The van der Waals surface area contributed by atoms with Gasteiger partial charge in [0.05, 0.1) is 11.2 Å². The minimum atomic E-state index is -0.403. The summed E-state index contributed by atoms with van der Waals surface area (Å²) < 4.78 is 0. The number of nitrogens with zero attached hydrogens (tertiary/aromatic N) is 3. The molecule has 0 spiro atoms. The van der Waals surface area contributed by atoms with E-state index in [2.05, 4.69) is 50.7 Å². The number of hydrogen-bond donors (Lipinski definition) is 2. The minimum Gasteiger partial charge on any atom is -0.506 e. The van der Waals surface area contributed by atoms with Gasteiger partial charge >= 0.3 is 0 Å². The SMILES string of the molecule is O=C(N/N=C/c1ccc(CN2CCN(Cc3ccc(Cl)cc3)CC2)c2ccccc12)c1ccc(O)c(Cl)c1. The molecule has 2 N–H and O–H groups in total. The second-order valence-electron chi connectivity index (χ2n) is 9.40. The van der Waals surface area contributed by atoms with E-state index in [4.69, 9.17) is 23.2 Å². The van der Waals surface area contributed by atoms with Gasteiger partial charge in [-0.05, 0) is 52.2 Å². The first kappa shape index (κ1) is 26.2. The van der Waals surface area contributed by atoms with Crippen molar-refractivity contribution in [3.63, 3.8) is 0 Å². The van der Waals surface area contributed by atoms with Crippen LogP contribution in [0.1, 0.15) is 27.0 Å². The molecule has 0 unspecified atom stereocenters. The molecule has 38 heavy (non-hydrogen) atoms. The van der Waals surface area contributed by atoms with Crippen molar-refractivity contribution in [2.24, 2.45) is 5.10 Å². The van der Waals surface area contributed by atoms with Gasteiger partial charge in [-0.3, -0.25) is 14.6 Å². The van der Waals surface area contributed by atoms with Crippen molar-refractivity contribution in [3.8, 4) is 5.75 Å². The standard InChI is InChI=1S/C30H28Cl2N4O2/c31-25-10-5-21(6-11-25)19-35-13-15-36(16-14-35)20-24-8-7-23(26-3-1-2-4-27(24)26)18-33-34-30(38)22-9-12-29(37)28(32)17-22/h1-12,17-18,37H,13-16,19-20H2,(H,34,38)/b33-18+. The van der Waals surface area contributed by atoms with Crippen LogP contribution in [-0.2, 0) is 13.1 Å². The van der Waals surface area contributed by atoms with Gasteiger partial charge in [0.25, 0.3) is 5.91 Å². The average Bonchev–Trinajstić information content (AvgIpc) is 2.93. The van der Waals surface area contributed by atoms with E-state index in [0.717, 1.165) is 55.2 Å². The predicted octanol–water partition coefficient (Wildman–Crippen LogP) is 5.93. The summed E-state index contributed by atoms with van der Waals surface area (Å²) in [4.78, 5) is 17.4. The van der Waals surface area contributed by atoms with Crippen molar-refractivity contribution in [3.05, 3.63) is 111 Å². The molecule has 0 bridgehead atoms. The molecule has 1 heterocycles. The van der Waals surface area contributed by atoms with Crippen LogP contribution in [0.15, 0.2) is 84.0 Å². The molecule has 8 heteroatoms.